The molecule has 0 saturated heterocycles. The second-order valence-electron chi connectivity index (χ2n) is 4.40. The van der Waals surface area contributed by atoms with Crippen molar-refractivity contribution in [3.05, 3.63) is 23.8 Å². The Balaban J connectivity index is 2.36. The average Bonchev–Trinajstić information content (AvgIpc) is 2.39. The number of fused-ring (bicyclic) bond motifs is 1. The molecule has 1 aliphatic heterocycles. The summed E-state index contributed by atoms with van der Waals surface area (Å²) >= 11 is 0. The number of hydrogen-bond donors (Lipinski definition) is 2. The molecule has 1 aromatic carbocycles. The van der Waals surface area contributed by atoms with Crippen molar-refractivity contribution >= 4 is 0 Å². The van der Waals surface area contributed by atoms with Gasteiger partial charge >= 0.3 is 0 Å². The van der Waals surface area contributed by atoms with Crippen LogP contribution in [0.25, 0.3) is 0 Å². The molecule has 3 N–H and O–H groups in total. The summed E-state index contributed by atoms with van der Waals surface area (Å²) in [7, 11) is 0. The van der Waals surface area contributed by atoms with Gasteiger partial charge in [0.15, 0.2) is 11.5 Å². The fourth-order valence-corrected chi connectivity index (χ4v) is 2.14. The quantitative estimate of drug-likeness (QED) is 0.620. The summed E-state index contributed by atoms with van der Waals surface area (Å²) < 4.78 is 11.3. The first kappa shape index (κ1) is 12.2. The monoisotopic (exact) mass is 236 g/mol. The van der Waals surface area contributed by atoms with Crippen molar-refractivity contribution in [2.24, 2.45) is 11.8 Å². The Bertz CT molecular complexity index is 382. The lowest BCUT2D eigenvalue weighted by Gasteiger charge is -2.27. The van der Waals surface area contributed by atoms with Gasteiger partial charge in [-0.3, -0.25) is 11.3 Å². The molecule has 0 spiro atoms. The first-order valence-corrected chi connectivity index (χ1v) is 6.12. The van der Waals surface area contributed by atoms with Crippen molar-refractivity contribution in [2.75, 3.05) is 13.2 Å². The van der Waals surface area contributed by atoms with E-state index >= 15 is 0 Å². The van der Waals surface area contributed by atoms with Crippen LogP contribution in [0.2, 0.25) is 0 Å². The van der Waals surface area contributed by atoms with Crippen molar-refractivity contribution in [2.45, 2.75) is 26.3 Å². The van der Waals surface area contributed by atoms with Gasteiger partial charge in [0.05, 0.1) is 6.04 Å². The Morgan fingerprint density at radius 3 is 2.82 bits per heavy atom. The molecule has 1 aromatic rings. The lowest BCUT2D eigenvalue weighted by Crippen LogP contribution is -2.33. The Hall–Kier alpha value is -1.26. The van der Waals surface area contributed by atoms with Crippen molar-refractivity contribution in [1.82, 2.24) is 5.43 Å². The van der Waals surface area contributed by atoms with E-state index in [1.165, 1.54) is 0 Å². The van der Waals surface area contributed by atoms with Gasteiger partial charge in [-0.1, -0.05) is 32.4 Å². The largest absolute Gasteiger partial charge is 0.486 e. The van der Waals surface area contributed by atoms with E-state index in [-0.39, 0.29) is 6.04 Å². The van der Waals surface area contributed by atoms with E-state index in [1.807, 2.05) is 18.2 Å². The predicted octanol–water partition coefficient (Wildman–Crippen LogP) is 2.01. The minimum atomic E-state index is 0.0941. The molecule has 0 amide bonds. The van der Waals surface area contributed by atoms with Crippen LogP contribution in [0.4, 0.5) is 0 Å². The van der Waals surface area contributed by atoms with E-state index < -0.39 is 0 Å². The van der Waals surface area contributed by atoms with Crippen LogP contribution in [0.5, 0.6) is 11.5 Å². The predicted molar refractivity (Wildman–Crippen MR) is 67.0 cm³/mol. The van der Waals surface area contributed by atoms with E-state index in [4.69, 9.17) is 15.3 Å². The minimum Gasteiger partial charge on any atom is -0.486 e. The first-order valence-electron chi connectivity index (χ1n) is 6.12. The Morgan fingerprint density at radius 1 is 1.35 bits per heavy atom. The maximum atomic E-state index is 5.71. The highest BCUT2D eigenvalue weighted by Crippen LogP contribution is 2.39. The van der Waals surface area contributed by atoms with Gasteiger partial charge in [-0.15, -0.1) is 0 Å². The van der Waals surface area contributed by atoms with Crippen LogP contribution >= 0.6 is 0 Å². The van der Waals surface area contributed by atoms with Crippen LogP contribution in [0.15, 0.2) is 18.2 Å². The molecule has 0 aliphatic carbocycles. The number of nitrogens with two attached hydrogens (primary N) is 1. The van der Waals surface area contributed by atoms with Gasteiger partial charge in [-0.25, -0.2) is 0 Å². The number of benzene rings is 1. The van der Waals surface area contributed by atoms with Gasteiger partial charge in [0.1, 0.15) is 13.2 Å². The third-order valence-corrected chi connectivity index (χ3v) is 3.32. The molecule has 4 nitrogen and oxygen atoms in total. The fourth-order valence-electron chi connectivity index (χ4n) is 2.14. The molecular formula is C13H20N2O2. The Labute approximate surface area is 102 Å². The van der Waals surface area contributed by atoms with Crippen LogP contribution in [0.1, 0.15) is 31.9 Å². The second-order valence-corrected chi connectivity index (χ2v) is 4.40. The van der Waals surface area contributed by atoms with Gasteiger partial charge in [0, 0.05) is 5.56 Å². The molecule has 0 saturated carbocycles. The molecule has 17 heavy (non-hydrogen) atoms. The van der Waals surface area contributed by atoms with Gasteiger partial charge in [-0.2, -0.15) is 0 Å². The highest BCUT2D eigenvalue weighted by Gasteiger charge is 2.24. The van der Waals surface area contributed by atoms with Crippen LogP contribution in [0, 0.1) is 5.92 Å². The second kappa shape index (κ2) is 5.38. The lowest BCUT2D eigenvalue weighted by atomic mass is 9.92. The molecule has 2 unspecified atom stereocenters. The molecule has 1 heterocycles. The van der Waals surface area contributed by atoms with Gasteiger partial charge in [-0.05, 0) is 12.0 Å². The maximum Gasteiger partial charge on any atom is 0.166 e. The fraction of sp³-hybridized carbons (Fsp3) is 0.538. The van der Waals surface area contributed by atoms with Crippen LogP contribution in [-0.4, -0.2) is 13.2 Å². The average molecular weight is 236 g/mol. The van der Waals surface area contributed by atoms with Crippen LogP contribution < -0.4 is 20.7 Å². The summed E-state index contributed by atoms with van der Waals surface area (Å²) in [6.07, 6.45) is 1.05. The summed E-state index contributed by atoms with van der Waals surface area (Å²) in [6, 6.07) is 6.05. The number of hydrazine groups is 1. The van der Waals surface area contributed by atoms with Crippen molar-refractivity contribution in [1.29, 1.82) is 0 Å². The smallest absolute Gasteiger partial charge is 0.166 e. The summed E-state index contributed by atoms with van der Waals surface area (Å²) in [5.41, 5.74) is 3.97. The molecular weight excluding hydrogens is 216 g/mol. The first-order chi connectivity index (χ1) is 8.27. The minimum absolute atomic E-state index is 0.0941. The van der Waals surface area contributed by atoms with Crippen LogP contribution in [-0.2, 0) is 0 Å². The molecule has 2 rings (SSSR count). The summed E-state index contributed by atoms with van der Waals surface area (Å²) in [5, 5.41) is 0. The van der Waals surface area contributed by atoms with Gasteiger partial charge in [0.25, 0.3) is 0 Å². The standard InChI is InChI=1S/C13H20N2O2/c1-3-9(2)12(15-14)10-5-4-6-11-13(10)17-8-7-16-11/h4-6,9,12,15H,3,7-8,14H2,1-2H3. The van der Waals surface area contributed by atoms with Crippen molar-refractivity contribution < 1.29 is 9.47 Å². The zero-order valence-corrected chi connectivity index (χ0v) is 10.4. The van der Waals surface area contributed by atoms with E-state index in [1.54, 1.807) is 0 Å². The zero-order valence-electron chi connectivity index (χ0n) is 10.4. The summed E-state index contributed by atoms with van der Waals surface area (Å²) in [5.74, 6) is 7.76. The molecule has 4 heteroatoms. The van der Waals surface area contributed by atoms with Crippen molar-refractivity contribution in [3.8, 4) is 11.5 Å². The number of hydrogen-bond acceptors (Lipinski definition) is 4. The molecule has 1 aliphatic rings. The molecule has 0 aromatic heterocycles. The third-order valence-electron chi connectivity index (χ3n) is 3.32. The molecule has 2 atom stereocenters. The van der Waals surface area contributed by atoms with E-state index in [0.717, 1.165) is 23.5 Å². The van der Waals surface area contributed by atoms with E-state index in [9.17, 15) is 0 Å². The van der Waals surface area contributed by atoms with Gasteiger partial charge < -0.3 is 9.47 Å². The van der Waals surface area contributed by atoms with Crippen LogP contribution in [0.3, 0.4) is 0 Å². The topological polar surface area (TPSA) is 56.5 Å². The molecule has 94 valence electrons. The summed E-state index contributed by atoms with van der Waals surface area (Å²) in [4.78, 5) is 0. The number of para-hydroxylation sites is 1. The van der Waals surface area contributed by atoms with E-state index in [0.29, 0.717) is 19.1 Å². The van der Waals surface area contributed by atoms with E-state index in [2.05, 4.69) is 19.3 Å². The Kier molecular flexibility index (Phi) is 3.86. The maximum absolute atomic E-state index is 5.71. The molecule has 0 radical (unpaired) electrons. The number of rotatable bonds is 4. The molecule has 0 bridgehead atoms. The zero-order chi connectivity index (χ0) is 12.3. The normalized spacial score (nSPS) is 17.6. The summed E-state index contributed by atoms with van der Waals surface area (Å²) in [6.45, 7) is 5.54. The molecule has 0 fully saturated rings. The third kappa shape index (κ3) is 2.37. The van der Waals surface area contributed by atoms with Gasteiger partial charge in [0.2, 0.25) is 0 Å². The Morgan fingerprint density at radius 2 is 2.12 bits per heavy atom. The number of ether oxygens (including phenoxy) is 2. The highest BCUT2D eigenvalue weighted by molar-refractivity contribution is 5.49. The number of nitrogens with one attached hydrogen (secondary N) is 1. The lowest BCUT2D eigenvalue weighted by molar-refractivity contribution is 0.167. The van der Waals surface area contributed by atoms with Crippen molar-refractivity contribution in [3.63, 3.8) is 0 Å². The highest BCUT2D eigenvalue weighted by atomic mass is 16.6. The SMILES string of the molecule is CCC(C)C(NN)c1cccc2c1OCCO2.